The highest BCUT2D eigenvalue weighted by Crippen LogP contribution is 2.35. The van der Waals surface area contributed by atoms with Gasteiger partial charge in [0, 0.05) is 6.42 Å². The number of aromatic nitrogens is 2. The van der Waals surface area contributed by atoms with Crippen molar-refractivity contribution < 1.29 is 24.1 Å². The molecule has 2 fully saturated rings. The van der Waals surface area contributed by atoms with Gasteiger partial charge in [0.25, 0.3) is 0 Å². The third-order valence-electron chi connectivity index (χ3n) is 3.22. The number of hydrogen-bond acceptors (Lipinski definition) is 8. The minimum absolute atomic E-state index is 0.00528. The van der Waals surface area contributed by atoms with Crippen LogP contribution in [0.2, 0.25) is 0 Å². The summed E-state index contributed by atoms with van der Waals surface area (Å²) in [7, 11) is 0. The first-order valence-electron chi connectivity index (χ1n) is 5.65. The number of nitrogens with zero attached hydrogens (tertiary/aromatic N) is 4. The topological polar surface area (TPSA) is 140 Å². The SMILES string of the molecule is O=C1C[C@@H](n2cc([N+](=O)[O-])c([N+](=O)[O-])n2)[C@@H]2CO[C@H]1O2. The van der Waals surface area contributed by atoms with Crippen LogP contribution in [0.1, 0.15) is 12.5 Å². The Morgan fingerprint density at radius 2 is 2.10 bits per heavy atom. The third kappa shape index (κ3) is 1.83. The van der Waals surface area contributed by atoms with Crippen molar-refractivity contribution >= 4 is 17.3 Å². The summed E-state index contributed by atoms with van der Waals surface area (Å²) in [5.74, 6) is -1.17. The van der Waals surface area contributed by atoms with Gasteiger partial charge in [0.2, 0.25) is 6.29 Å². The van der Waals surface area contributed by atoms with Crippen LogP contribution >= 0.6 is 0 Å². The molecule has 3 atom stereocenters. The van der Waals surface area contributed by atoms with Gasteiger partial charge in [0.05, 0.1) is 16.6 Å². The Kier molecular flexibility index (Phi) is 2.72. The highest BCUT2D eigenvalue weighted by molar-refractivity contribution is 5.83. The number of hydrogen-bond donors (Lipinski definition) is 0. The van der Waals surface area contributed by atoms with Crippen LogP contribution in [-0.4, -0.2) is 44.4 Å². The molecule has 0 aromatic carbocycles. The summed E-state index contributed by atoms with van der Waals surface area (Å²) in [6, 6.07) is -0.645. The van der Waals surface area contributed by atoms with Gasteiger partial charge in [-0.05, 0) is 4.92 Å². The van der Waals surface area contributed by atoms with Crippen molar-refractivity contribution in [3.8, 4) is 0 Å². The van der Waals surface area contributed by atoms with Crippen LogP contribution in [0.4, 0.5) is 11.5 Å². The van der Waals surface area contributed by atoms with Crippen molar-refractivity contribution in [3.63, 3.8) is 0 Å². The molecular weight excluding hydrogens is 276 g/mol. The first-order valence-corrected chi connectivity index (χ1v) is 5.65. The number of rotatable bonds is 3. The van der Waals surface area contributed by atoms with Crippen LogP contribution in [0.5, 0.6) is 0 Å². The summed E-state index contributed by atoms with van der Waals surface area (Å²) < 4.78 is 11.4. The smallest absolute Gasteiger partial charge is 0.358 e. The van der Waals surface area contributed by atoms with Crippen LogP contribution in [0.3, 0.4) is 0 Å². The fourth-order valence-corrected chi connectivity index (χ4v) is 2.29. The molecule has 0 N–H and O–H groups in total. The largest absolute Gasteiger partial charge is 0.467 e. The van der Waals surface area contributed by atoms with Crippen molar-refractivity contribution in [1.29, 1.82) is 0 Å². The Labute approximate surface area is 110 Å². The van der Waals surface area contributed by atoms with Gasteiger partial charge in [0.1, 0.15) is 18.3 Å². The molecule has 2 bridgehead atoms. The van der Waals surface area contributed by atoms with Crippen LogP contribution < -0.4 is 0 Å². The number of Topliss-reactive ketones (excluding diaryl/α,β-unsaturated/α-hetero) is 1. The summed E-state index contributed by atoms with van der Waals surface area (Å²) in [6.07, 6.45) is -0.461. The van der Waals surface area contributed by atoms with E-state index in [1.54, 1.807) is 0 Å². The van der Waals surface area contributed by atoms with E-state index in [4.69, 9.17) is 9.47 Å². The molecule has 11 heteroatoms. The molecule has 106 valence electrons. The maximum absolute atomic E-state index is 11.6. The van der Waals surface area contributed by atoms with Crippen LogP contribution in [0.15, 0.2) is 6.20 Å². The number of nitro groups is 2. The number of carbonyl (C=O) groups excluding carboxylic acids is 1. The molecule has 0 unspecified atom stereocenters. The molecule has 1 aromatic rings. The average Bonchev–Trinajstić information content (AvgIpc) is 3.00. The van der Waals surface area contributed by atoms with E-state index < -0.39 is 39.8 Å². The zero-order valence-corrected chi connectivity index (χ0v) is 9.87. The highest BCUT2D eigenvalue weighted by Gasteiger charge is 2.47. The van der Waals surface area contributed by atoms with Crippen LogP contribution in [0.25, 0.3) is 0 Å². The predicted molar refractivity (Wildman–Crippen MR) is 58.8 cm³/mol. The highest BCUT2D eigenvalue weighted by atomic mass is 16.7. The van der Waals surface area contributed by atoms with Gasteiger partial charge in [-0.25, -0.2) is 0 Å². The fraction of sp³-hybridized carbons (Fsp3) is 0.556. The van der Waals surface area contributed by atoms with Gasteiger partial charge in [-0.1, -0.05) is 0 Å². The van der Waals surface area contributed by atoms with E-state index in [1.807, 2.05) is 0 Å². The quantitative estimate of drug-likeness (QED) is 0.556. The van der Waals surface area contributed by atoms with E-state index in [0.717, 1.165) is 10.9 Å². The maximum atomic E-state index is 11.6. The fourth-order valence-electron chi connectivity index (χ4n) is 2.29. The lowest BCUT2D eigenvalue weighted by atomic mass is 10.0. The van der Waals surface area contributed by atoms with Gasteiger partial charge < -0.3 is 19.6 Å². The molecule has 0 spiro atoms. The Morgan fingerprint density at radius 3 is 2.70 bits per heavy atom. The zero-order chi connectivity index (χ0) is 14.4. The Morgan fingerprint density at radius 1 is 1.35 bits per heavy atom. The van der Waals surface area contributed by atoms with Crippen molar-refractivity contribution in [2.75, 3.05) is 6.61 Å². The lowest BCUT2D eigenvalue weighted by Gasteiger charge is -2.24. The number of carbonyl (C=O) groups is 1. The molecule has 0 aliphatic carbocycles. The molecule has 0 saturated carbocycles. The number of ketones is 1. The molecule has 2 saturated heterocycles. The molecule has 3 rings (SSSR count). The first kappa shape index (κ1) is 12.6. The molecule has 20 heavy (non-hydrogen) atoms. The molecule has 3 heterocycles. The van der Waals surface area contributed by atoms with Crippen molar-refractivity contribution in [1.82, 2.24) is 9.78 Å². The van der Waals surface area contributed by atoms with Gasteiger partial charge >= 0.3 is 11.5 Å². The number of ether oxygens (including phenoxy) is 2. The second-order valence-electron chi connectivity index (χ2n) is 4.41. The molecule has 0 radical (unpaired) electrons. The minimum atomic E-state index is -0.936. The second-order valence-corrected chi connectivity index (χ2v) is 4.41. The van der Waals surface area contributed by atoms with E-state index >= 15 is 0 Å². The summed E-state index contributed by atoms with van der Waals surface area (Å²) in [5.41, 5.74) is -0.719. The Balaban J connectivity index is 1.98. The molecule has 11 nitrogen and oxygen atoms in total. The monoisotopic (exact) mass is 284 g/mol. The summed E-state index contributed by atoms with van der Waals surface area (Å²) in [4.78, 5) is 31.3. The van der Waals surface area contributed by atoms with Gasteiger partial charge in [0.15, 0.2) is 5.78 Å². The van der Waals surface area contributed by atoms with Crippen molar-refractivity contribution in [2.45, 2.75) is 24.9 Å². The van der Waals surface area contributed by atoms with Crippen LogP contribution in [-0.2, 0) is 14.3 Å². The maximum Gasteiger partial charge on any atom is 0.467 e. The zero-order valence-electron chi connectivity index (χ0n) is 9.87. The van der Waals surface area contributed by atoms with E-state index in [0.29, 0.717) is 0 Å². The van der Waals surface area contributed by atoms with Crippen molar-refractivity contribution in [3.05, 3.63) is 26.4 Å². The van der Waals surface area contributed by atoms with Gasteiger partial charge in [-0.3, -0.25) is 14.9 Å². The third-order valence-corrected chi connectivity index (χ3v) is 3.22. The van der Waals surface area contributed by atoms with Gasteiger partial charge in [-0.2, -0.15) is 4.68 Å². The first-order chi connectivity index (χ1) is 9.47. The lowest BCUT2D eigenvalue weighted by Crippen LogP contribution is -2.37. The van der Waals surface area contributed by atoms with Crippen LogP contribution in [0, 0.1) is 20.2 Å². The second kappa shape index (κ2) is 4.31. The average molecular weight is 284 g/mol. The molecule has 2 aliphatic rings. The van der Waals surface area contributed by atoms with Gasteiger partial charge in [-0.15, -0.1) is 0 Å². The normalized spacial score (nSPS) is 28.6. The summed E-state index contributed by atoms with van der Waals surface area (Å²) >= 11 is 0. The molecule has 2 aliphatic heterocycles. The summed E-state index contributed by atoms with van der Waals surface area (Å²) in [5, 5.41) is 25.1. The minimum Gasteiger partial charge on any atom is -0.358 e. The van der Waals surface area contributed by atoms with Crippen molar-refractivity contribution in [2.24, 2.45) is 0 Å². The summed E-state index contributed by atoms with van der Waals surface area (Å²) in [6.45, 7) is 0.141. The Hall–Kier alpha value is -2.40. The van der Waals surface area contributed by atoms with E-state index in [-0.39, 0.29) is 18.8 Å². The standard InChI is InChI=1S/C9H8N4O7/c14-6-1-4(7-3-19-9(6)20-7)11-2-5(12(15)16)8(10-11)13(17)18/h2,4,7,9H,1,3H2/t4-,7+,9+/m1/s1. The Bertz CT molecular complexity index is 580. The number of fused-ring (bicyclic) bond motifs is 2. The molecular formula is C9H8N4O7. The van der Waals surface area contributed by atoms with E-state index in [9.17, 15) is 25.0 Å². The van der Waals surface area contributed by atoms with E-state index in [2.05, 4.69) is 5.10 Å². The molecule has 0 amide bonds. The van der Waals surface area contributed by atoms with E-state index in [1.165, 1.54) is 0 Å². The predicted octanol–water partition coefficient (Wildman–Crippen LogP) is -0.0451. The molecule has 1 aromatic heterocycles. The lowest BCUT2D eigenvalue weighted by molar-refractivity contribution is -0.424.